The predicted molar refractivity (Wildman–Crippen MR) is 130 cm³/mol. The van der Waals surface area contributed by atoms with Gasteiger partial charge >= 0.3 is 0 Å². The van der Waals surface area contributed by atoms with Gasteiger partial charge in [0.05, 0.1) is 25.0 Å². The van der Waals surface area contributed by atoms with Crippen LogP contribution >= 0.6 is 35.4 Å². The minimum Gasteiger partial charge on any atom is -0.330 e. The number of nitrogens with zero attached hydrogens (tertiary/aromatic N) is 4. The Morgan fingerprint density at radius 2 is 1.81 bits per heavy atom. The molecule has 9 heteroatoms. The lowest BCUT2D eigenvalue weighted by Crippen LogP contribution is -2.19. The molecule has 4 rings (SSSR count). The van der Waals surface area contributed by atoms with Gasteiger partial charge in [0.15, 0.2) is 10.9 Å². The largest absolute Gasteiger partial charge is 0.330 e. The first-order valence-electron chi connectivity index (χ1n) is 9.58. The molecule has 2 aromatic heterocycles. The third-order valence-electron chi connectivity index (χ3n) is 4.59. The zero-order valence-corrected chi connectivity index (χ0v) is 19.0. The van der Waals surface area contributed by atoms with Crippen molar-refractivity contribution in [3.63, 3.8) is 0 Å². The smallest absolute Gasteiger partial charge is 0.176 e. The van der Waals surface area contributed by atoms with Crippen LogP contribution in [-0.4, -0.2) is 24.7 Å². The monoisotopic (exact) mass is 470 g/mol. The average Bonchev–Trinajstić information content (AvgIpc) is 3.35. The second kappa shape index (κ2) is 9.51. The van der Waals surface area contributed by atoms with Gasteiger partial charge in [-0.1, -0.05) is 59.1 Å². The molecule has 4 aromatic rings. The molecule has 2 heterocycles. The maximum Gasteiger partial charge on any atom is 0.176 e. The summed E-state index contributed by atoms with van der Waals surface area (Å²) in [5.74, 6) is 0.634. The molecule has 0 aliphatic heterocycles. The van der Waals surface area contributed by atoms with Crippen molar-refractivity contribution in [2.45, 2.75) is 20.0 Å². The number of benzene rings is 2. The van der Waals surface area contributed by atoms with Crippen molar-refractivity contribution in [3.05, 3.63) is 93.9 Å². The van der Waals surface area contributed by atoms with E-state index in [1.807, 2.05) is 35.3 Å². The van der Waals surface area contributed by atoms with Gasteiger partial charge in [0.1, 0.15) is 0 Å². The number of aryl methyl sites for hydroxylation is 1. The third kappa shape index (κ3) is 5.85. The number of nitrogens with one attached hydrogen (secondary N) is 2. The minimum absolute atomic E-state index is 0.435. The van der Waals surface area contributed by atoms with Crippen molar-refractivity contribution in [1.29, 1.82) is 0 Å². The van der Waals surface area contributed by atoms with E-state index in [0.717, 1.165) is 11.3 Å². The molecule has 2 N–H and O–H groups in total. The molecule has 0 radical (unpaired) electrons. The van der Waals surface area contributed by atoms with Gasteiger partial charge in [-0.15, -0.1) is 0 Å². The van der Waals surface area contributed by atoms with Gasteiger partial charge in [0.25, 0.3) is 0 Å². The number of rotatable bonds is 6. The van der Waals surface area contributed by atoms with E-state index in [2.05, 4.69) is 52.0 Å². The molecule has 0 aliphatic rings. The molecule has 0 saturated carbocycles. The number of halogens is 2. The van der Waals surface area contributed by atoms with Gasteiger partial charge in [0, 0.05) is 28.5 Å². The van der Waals surface area contributed by atoms with Crippen molar-refractivity contribution in [3.8, 4) is 0 Å². The van der Waals surface area contributed by atoms with Crippen LogP contribution < -0.4 is 10.6 Å². The molecular weight excluding hydrogens is 451 g/mol. The van der Waals surface area contributed by atoms with Crippen LogP contribution in [0.5, 0.6) is 0 Å². The first-order valence-corrected chi connectivity index (χ1v) is 10.7. The summed E-state index contributed by atoms with van der Waals surface area (Å²) >= 11 is 17.6. The molecule has 6 nitrogen and oxygen atoms in total. The van der Waals surface area contributed by atoms with Gasteiger partial charge in [-0.3, -0.25) is 9.36 Å². The van der Waals surface area contributed by atoms with Gasteiger partial charge < -0.3 is 10.6 Å². The molecule has 0 bridgehead atoms. The summed E-state index contributed by atoms with van der Waals surface area (Å²) < 4.78 is 3.64. The molecule has 0 fully saturated rings. The molecule has 0 atom stereocenters. The lowest BCUT2D eigenvalue weighted by Gasteiger charge is -2.07. The fraction of sp³-hybridized carbons (Fsp3) is 0.136. The van der Waals surface area contributed by atoms with E-state index < -0.39 is 0 Å². The number of anilines is 2. The maximum atomic E-state index is 6.24. The molecule has 0 spiro atoms. The van der Waals surface area contributed by atoms with Crippen LogP contribution in [0.15, 0.2) is 67.1 Å². The van der Waals surface area contributed by atoms with E-state index >= 15 is 0 Å². The van der Waals surface area contributed by atoms with Crippen LogP contribution in [0.4, 0.5) is 11.5 Å². The van der Waals surface area contributed by atoms with Crippen LogP contribution in [0, 0.1) is 6.92 Å². The molecule has 0 saturated heterocycles. The molecule has 0 unspecified atom stereocenters. The van der Waals surface area contributed by atoms with Gasteiger partial charge in [-0.2, -0.15) is 10.2 Å². The molecule has 158 valence electrons. The number of hydrogen-bond acceptors (Lipinski definition) is 3. The number of aromatic nitrogens is 4. The molecule has 0 aliphatic carbocycles. The van der Waals surface area contributed by atoms with Crippen LogP contribution in [-0.2, 0) is 13.1 Å². The van der Waals surface area contributed by atoms with Gasteiger partial charge in [-0.25, -0.2) is 0 Å². The second-order valence-corrected chi connectivity index (χ2v) is 8.38. The first kappa shape index (κ1) is 21.4. The number of thiocarbonyl (C=S) groups is 1. The summed E-state index contributed by atoms with van der Waals surface area (Å²) in [6.45, 7) is 3.30. The molecular formula is C22H20Cl2N6S. The maximum absolute atomic E-state index is 6.24. The fourth-order valence-electron chi connectivity index (χ4n) is 3.01. The third-order valence-corrected chi connectivity index (χ3v) is 5.38. The first-order chi connectivity index (χ1) is 14.9. The lowest BCUT2D eigenvalue weighted by molar-refractivity contribution is 0.687. The zero-order valence-electron chi connectivity index (χ0n) is 16.7. The van der Waals surface area contributed by atoms with Crippen LogP contribution in [0.1, 0.15) is 16.7 Å². The minimum atomic E-state index is 0.435. The normalized spacial score (nSPS) is 10.8. The van der Waals surface area contributed by atoms with Crippen molar-refractivity contribution in [1.82, 2.24) is 19.6 Å². The highest BCUT2D eigenvalue weighted by Crippen LogP contribution is 2.22. The highest BCUT2D eigenvalue weighted by molar-refractivity contribution is 7.80. The van der Waals surface area contributed by atoms with E-state index in [-0.39, 0.29) is 0 Å². The highest BCUT2D eigenvalue weighted by atomic mass is 35.5. The Morgan fingerprint density at radius 3 is 2.58 bits per heavy atom. The Labute approximate surface area is 195 Å². The average molecular weight is 471 g/mol. The lowest BCUT2D eigenvalue weighted by atomic mass is 10.1. The van der Waals surface area contributed by atoms with E-state index in [1.54, 1.807) is 16.9 Å². The number of hydrogen-bond donors (Lipinski definition) is 2. The SMILES string of the molecule is Cc1ccc(Cn2cc(NC(=S)Nc3ccn(Cc4ccc(Cl)cc4Cl)n3)cn2)cc1. The predicted octanol–water partition coefficient (Wildman–Crippen LogP) is 5.60. The Bertz CT molecular complexity index is 1200. The van der Waals surface area contributed by atoms with Crippen LogP contribution in [0.3, 0.4) is 0 Å². The molecule has 31 heavy (non-hydrogen) atoms. The van der Waals surface area contributed by atoms with Crippen molar-refractivity contribution in [2.24, 2.45) is 0 Å². The topological polar surface area (TPSA) is 59.7 Å². The van der Waals surface area contributed by atoms with Crippen LogP contribution in [0.2, 0.25) is 10.0 Å². The van der Waals surface area contributed by atoms with Crippen molar-refractivity contribution < 1.29 is 0 Å². The summed E-state index contributed by atoms with van der Waals surface area (Å²) in [5, 5.41) is 16.7. The summed E-state index contributed by atoms with van der Waals surface area (Å²) in [6, 6.07) is 15.7. The van der Waals surface area contributed by atoms with E-state index in [0.29, 0.717) is 34.1 Å². The van der Waals surface area contributed by atoms with Crippen molar-refractivity contribution >= 4 is 52.0 Å². The Hall–Kier alpha value is -2.87. The quantitative estimate of drug-likeness (QED) is 0.359. The van der Waals surface area contributed by atoms with E-state index in [9.17, 15) is 0 Å². The van der Waals surface area contributed by atoms with Crippen molar-refractivity contribution in [2.75, 3.05) is 10.6 Å². The molecule has 2 aromatic carbocycles. The zero-order chi connectivity index (χ0) is 21.8. The summed E-state index contributed by atoms with van der Waals surface area (Å²) in [6.07, 6.45) is 5.51. The Balaban J connectivity index is 1.32. The Morgan fingerprint density at radius 1 is 1.00 bits per heavy atom. The summed E-state index contributed by atoms with van der Waals surface area (Å²) in [5.41, 5.74) is 4.16. The molecule has 0 amide bonds. The van der Waals surface area contributed by atoms with E-state index in [4.69, 9.17) is 35.4 Å². The van der Waals surface area contributed by atoms with Gasteiger partial charge in [-0.05, 0) is 42.4 Å². The van der Waals surface area contributed by atoms with E-state index in [1.165, 1.54) is 11.1 Å². The Kier molecular flexibility index (Phi) is 6.56. The standard InChI is InChI=1S/C22H20Cl2N6S/c1-15-2-4-16(5-3-15)12-30-14-19(11-25-30)26-22(31)27-21-8-9-29(28-21)13-17-6-7-18(23)10-20(17)24/h2-11,14H,12-13H2,1H3,(H2,26,27,28,31). The van der Waals surface area contributed by atoms with Crippen LogP contribution in [0.25, 0.3) is 0 Å². The fourth-order valence-corrected chi connectivity index (χ4v) is 3.71. The highest BCUT2D eigenvalue weighted by Gasteiger charge is 2.07. The van der Waals surface area contributed by atoms with Gasteiger partial charge in [0.2, 0.25) is 0 Å². The summed E-state index contributed by atoms with van der Waals surface area (Å²) in [4.78, 5) is 0. The summed E-state index contributed by atoms with van der Waals surface area (Å²) in [7, 11) is 0. The second-order valence-electron chi connectivity index (χ2n) is 7.13.